The largest absolute Gasteiger partial charge is 0.459 e. The summed E-state index contributed by atoms with van der Waals surface area (Å²) in [6, 6.07) is 10.6. The zero-order valence-electron chi connectivity index (χ0n) is 13.3. The summed E-state index contributed by atoms with van der Waals surface area (Å²) in [7, 11) is 0. The molecular weight excluding hydrogens is 262 g/mol. The van der Waals surface area contributed by atoms with Crippen LogP contribution in [0.15, 0.2) is 34.7 Å². The topological polar surface area (TPSA) is 34.4 Å². The van der Waals surface area contributed by atoms with Gasteiger partial charge in [-0.1, -0.05) is 32.0 Å². The van der Waals surface area contributed by atoms with Gasteiger partial charge in [-0.3, -0.25) is 0 Å². The van der Waals surface area contributed by atoms with Crippen molar-refractivity contribution in [1.29, 1.82) is 0 Å². The Kier molecular flexibility index (Phi) is 4.05. The van der Waals surface area contributed by atoms with Crippen molar-refractivity contribution >= 4 is 11.0 Å². The second-order valence-electron chi connectivity index (χ2n) is 6.20. The fourth-order valence-corrected chi connectivity index (χ4v) is 3.67. The molecule has 5 unspecified atom stereocenters. The van der Waals surface area contributed by atoms with E-state index in [4.69, 9.17) is 9.15 Å². The molecule has 5 atom stereocenters. The fourth-order valence-electron chi connectivity index (χ4n) is 3.67. The van der Waals surface area contributed by atoms with Gasteiger partial charge in [-0.15, -0.1) is 0 Å². The summed E-state index contributed by atoms with van der Waals surface area (Å²) in [6.07, 6.45) is 0.544. The molecule has 2 heterocycles. The van der Waals surface area contributed by atoms with Gasteiger partial charge in [-0.2, -0.15) is 0 Å². The molecule has 3 heteroatoms. The van der Waals surface area contributed by atoms with Crippen LogP contribution in [0.1, 0.15) is 39.5 Å². The average Bonchev–Trinajstić information content (AvgIpc) is 2.99. The average molecular weight is 287 g/mol. The molecule has 1 aromatic heterocycles. The van der Waals surface area contributed by atoms with Crippen LogP contribution < -0.4 is 5.32 Å². The van der Waals surface area contributed by atoms with Gasteiger partial charge in [0.15, 0.2) is 0 Å². The first-order valence-electron chi connectivity index (χ1n) is 7.99. The number of furan rings is 1. The first kappa shape index (κ1) is 14.6. The molecule has 1 fully saturated rings. The number of ether oxygens (including phenoxy) is 1. The van der Waals surface area contributed by atoms with Gasteiger partial charge in [0.1, 0.15) is 11.3 Å². The molecule has 0 saturated carbocycles. The molecule has 3 rings (SSSR count). The van der Waals surface area contributed by atoms with Crippen molar-refractivity contribution in [3.05, 3.63) is 36.1 Å². The Morgan fingerprint density at radius 1 is 1.14 bits per heavy atom. The van der Waals surface area contributed by atoms with Crippen LogP contribution in [0, 0.1) is 11.8 Å². The Labute approximate surface area is 126 Å². The zero-order valence-corrected chi connectivity index (χ0v) is 13.3. The first-order chi connectivity index (χ1) is 10.1. The quantitative estimate of drug-likeness (QED) is 0.917. The molecule has 0 aliphatic carbocycles. The predicted octanol–water partition coefficient (Wildman–Crippen LogP) is 4.14. The lowest BCUT2D eigenvalue weighted by molar-refractivity contribution is 0.0467. The summed E-state index contributed by atoms with van der Waals surface area (Å²) < 4.78 is 12.1. The number of nitrogens with one attached hydrogen (secondary N) is 1. The van der Waals surface area contributed by atoms with Crippen LogP contribution in [-0.2, 0) is 4.74 Å². The molecule has 0 radical (unpaired) electrons. The number of rotatable bonds is 4. The molecule has 1 N–H and O–H groups in total. The molecule has 1 aliphatic heterocycles. The second-order valence-corrected chi connectivity index (χ2v) is 6.20. The van der Waals surface area contributed by atoms with Crippen LogP contribution >= 0.6 is 0 Å². The molecule has 1 aliphatic rings. The lowest BCUT2D eigenvalue weighted by atomic mass is 9.82. The van der Waals surface area contributed by atoms with E-state index in [1.54, 1.807) is 0 Å². The Morgan fingerprint density at radius 2 is 1.90 bits per heavy atom. The minimum Gasteiger partial charge on any atom is -0.459 e. The third-order valence-corrected chi connectivity index (χ3v) is 4.88. The van der Waals surface area contributed by atoms with Crippen molar-refractivity contribution < 1.29 is 9.15 Å². The van der Waals surface area contributed by atoms with E-state index in [2.05, 4.69) is 51.2 Å². The number of hydrogen-bond acceptors (Lipinski definition) is 3. The van der Waals surface area contributed by atoms with Gasteiger partial charge in [0, 0.05) is 11.3 Å². The summed E-state index contributed by atoms with van der Waals surface area (Å²) in [4.78, 5) is 0. The smallest absolute Gasteiger partial charge is 0.134 e. The van der Waals surface area contributed by atoms with E-state index in [-0.39, 0.29) is 12.1 Å². The molecule has 0 amide bonds. The highest BCUT2D eigenvalue weighted by atomic mass is 16.5. The van der Waals surface area contributed by atoms with E-state index in [0.29, 0.717) is 17.9 Å². The highest BCUT2D eigenvalue weighted by Gasteiger charge is 2.43. The van der Waals surface area contributed by atoms with Crippen LogP contribution in [0.2, 0.25) is 0 Å². The minimum absolute atomic E-state index is 0.206. The number of hydrogen-bond donors (Lipinski definition) is 1. The fraction of sp³-hybridized carbons (Fsp3) is 0.556. The predicted molar refractivity (Wildman–Crippen MR) is 85.3 cm³/mol. The van der Waals surface area contributed by atoms with E-state index >= 15 is 0 Å². The van der Waals surface area contributed by atoms with Crippen LogP contribution in [0.5, 0.6) is 0 Å². The third-order valence-electron chi connectivity index (χ3n) is 4.88. The molecule has 0 bridgehead atoms. The maximum atomic E-state index is 6.11. The lowest BCUT2D eigenvalue weighted by Crippen LogP contribution is -2.34. The normalized spacial score (nSPS) is 30.9. The molecule has 2 aromatic rings. The van der Waals surface area contributed by atoms with E-state index < -0.39 is 0 Å². The van der Waals surface area contributed by atoms with Gasteiger partial charge in [-0.05, 0) is 38.4 Å². The Hall–Kier alpha value is -1.32. The molecular formula is C18H25NO2. The SMILES string of the molecule is CCNC(c1cc2ccccc2o1)C1C(C)OC(C)C1C. The third kappa shape index (κ3) is 2.60. The lowest BCUT2D eigenvalue weighted by Gasteiger charge is -2.28. The monoisotopic (exact) mass is 287 g/mol. The maximum absolute atomic E-state index is 6.11. The molecule has 3 nitrogen and oxygen atoms in total. The van der Waals surface area contributed by atoms with Crippen LogP contribution in [0.3, 0.4) is 0 Å². The number of para-hydroxylation sites is 1. The van der Waals surface area contributed by atoms with Crippen molar-refractivity contribution in [1.82, 2.24) is 5.32 Å². The van der Waals surface area contributed by atoms with Crippen molar-refractivity contribution in [2.75, 3.05) is 6.54 Å². The van der Waals surface area contributed by atoms with Gasteiger partial charge >= 0.3 is 0 Å². The Morgan fingerprint density at radius 3 is 2.52 bits per heavy atom. The highest BCUT2D eigenvalue weighted by molar-refractivity contribution is 5.77. The number of fused-ring (bicyclic) bond motifs is 1. The van der Waals surface area contributed by atoms with E-state index in [0.717, 1.165) is 17.9 Å². The van der Waals surface area contributed by atoms with E-state index in [1.807, 2.05) is 12.1 Å². The first-order valence-corrected chi connectivity index (χ1v) is 7.99. The summed E-state index contributed by atoms with van der Waals surface area (Å²) in [5, 5.41) is 4.78. The van der Waals surface area contributed by atoms with Gasteiger partial charge in [0.2, 0.25) is 0 Å². The van der Waals surface area contributed by atoms with Crippen LogP contribution in [0.4, 0.5) is 0 Å². The second kappa shape index (κ2) is 5.82. The Bertz CT molecular complexity index is 573. The molecule has 1 aromatic carbocycles. The molecule has 0 spiro atoms. The van der Waals surface area contributed by atoms with Gasteiger partial charge in [0.05, 0.1) is 18.2 Å². The summed E-state index contributed by atoms with van der Waals surface area (Å²) in [5.41, 5.74) is 0.961. The summed E-state index contributed by atoms with van der Waals surface area (Å²) in [6.45, 7) is 9.70. The zero-order chi connectivity index (χ0) is 15.0. The van der Waals surface area contributed by atoms with Crippen molar-refractivity contribution in [2.24, 2.45) is 11.8 Å². The van der Waals surface area contributed by atoms with E-state index in [1.165, 1.54) is 5.39 Å². The van der Waals surface area contributed by atoms with Gasteiger partial charge in [0.25, 0.3) is 0 Å². The van der Waals surface area contributed by atoms with Crippen molar-refractivity contribution in [2.45, 2.75) is 45.9 Å². The molecule has 1 saturated heterocycles. The maximum Gasteiger partial charge on any atom is 0.134 e. The van der Waals surface area contributed by atoms with Gasteiger partial charge < -0.3 is 14.5 Å². The van der Waals surface area contributed by atoms with Crippen molar-refractivity contribution in [3.8, 4) is 0 Å². The van der Waals surface area contributed by atoms with Crippen molar-refractivity contribution in [3.63, 3.8) is 0 Å². The minimum atomic E-state index is 0.206. The number of benzene rings is 1. The standard InChI is InChI=1S/C18H25NO2/c1-5-19-18(17-11(2)12(3)20-13(17)4)16-10-14-8-6-7-9-15(14)21-16/h6-13,17-19H,5H2,1-4H3. The Balaban J connectivity index is 1.97. The molecule has 114 valence electrons. The summed E-state index contributed by atoms with van der Waals surface area (Å²) >= 11 is 0. The van der Waals surface area contributed by atoms with Gasteiger partial charge in [-0.25, -0.2) is 0 Å². The summed E-state index contributed by atoms with van der Waals surface area (Å²) in [5.74, 6) is 1.97. The molecule has 21 heavy (non-hydrogen) atoms. The highest BCUT2D eigenvalue weighted by Crippen LogP contribution is 2.41. The van der Waals surface area contributed by atoms with Crippen LogP contribution in [0.25, 0.3) is 11.0 Å². The van der Waals surface area contributed by atoms with E-state index in [9.17, 15) is 0 Å². The van der Waals surface area contributed by atoms with Crippen LogP contribution in [-0.4, -0.2) is 18.8 Å².